The van der Waals surface area contributed by atoms with Crippen LogP contribution in [0, 0.1) is 19.8 Å². The van der Waals surface area contributed by atoms with Gasteiger partial charge in [-0.25, -0.2) is 0 Å². The van der Waals surface area contributed by atoms with Crippen molar-refractivity contribution in [1.82, 2.24) is 10.2 Å². The number of hydrogen-bond donors (Lipinski definition) is 1. The number of rotatable bonds is 4. The molecule has 1 saturated heterocycles. The van der Waals surface area contributed by atoms with Gasteiger partial charge in [0.2, 0.25) is 0 Å². The highest BCUT2D eigenvalue weighted by molar-refractivity contribution is 5.32. The smallest absolute Gasteiger partial charge is 0.0319 e. The average molecular weight is 260 g/mol. The van der Waals surface area contributed by atoms with Crippen LogP contribution in [0.25, 0.3) is 0 Å². The van der Waals surface area contributed by atoms with E-state index in [0.717, 1.165) is 5.92 Å². The number of hydrogen-bond acceptors (Lipinski definition) is 2. The second kappa shape index (κ2) is 6.53. The second-order valence-electron chi connectivity index (χ2n) is 6.17. The van der Waals surface area contributed by atoms with Crippen LogP contribution in [0.2, 0.25) is 0 Å². The molecule has 1 aromatic carbocycles. The summed E-state index contributed by atoms with van der Waals surface area (Å²) >= 11 is 0. The summed E-state index contributed by atoms with van der Waals surface area (Å²) in [6.07, 6.45) is 2.65. The largest absolute Gasteiger partial charge is 0.317 e. The Morgan fingerprint density at radius 3 is 2.63 bits per heavy atom. The van der Waals surface area contributed by atoms with E-state index in [0.29, 0.717) is 6.04 Å². The van der Waals surface area contributed by atoms with Crippen LogP contribution in [-0.4, -0.2) is 31.6 Å². The van der Waals surface area contributed by atoms with Crippen molar-refractivity contribution in [3.63, 3.8) is 0 Å². The van der Waals surface area contributed by atoms with E-state index in [9.17, 15) is 0 Å². The molecule has 0 radical (unpaired) electrons. The van der Waals surface area contributed by atoms with E-state index in [1.54, 1.807) is 0 Å². The van der Waals surface area contributed by atoms with Crippen molar-refractivity contribution in [2.75, 3.05) is 26.7 Å². The monoisotopic (exact) mass is 260 g/mol. The van der Waals surface area contributed by atoms with Gasteiger partial charge in [-0.2, -0.15) is 0 Å². The van der Waals surface area contributed by atoms with Crippen molar-refractivity contribution in [2.45, 2.75) is 39.7 Å². The van der Waals surface area contributed by atoms with Crippen molar-refractivity contribution in [2.24, 2.45) is 5.92 Å². The van der Waals surface area contributed by atoms with Gasteiger partial charge in [-0.15, -0.1) is 0 Å². The highest BCUT2D eigenvalue weighted by Gasteiger charge is 2.19. The number of nitrogens with one attached hydrogen (secondary N) is 1. The van der Waals surface area contributed by atoms with Crippen LogP contribution in [0.3, 0.4) is 0 Å². The van der Waals surface area contributed by atoms with Crippen LogP contribution in [0.5, 0.6) is 0 Å². The van der Waals surface area contributed by atoms with E-state index in [1.165, 1.54) is 49.2 Å². The molecule has 1 heterocycles. The highest BCUT2D eigenvalue weighted by atomic mass is 15.1. The van der Waals surface area contributed by atoms with Crippen molar-refractivity contribution in [1.29, 1.82) is 0 Å². The molecule has 2 rings (SSSR count). The molecule has 1 unspecified atom stereocenters. The molecule has 0 aliphatic carbocycles. The summed E-state index contributed by atoms with van der Waals surface area (Å²) in [6.45, 7) is 10.3. The third-order valence-electron chi connectivity index (χ3n) is 4.55. The minimum atomic E-state index is 0.509. The predicted octanol–water partition coefficient (Wildman–Crippen LogP) is 3.30. The summed E-state index contributed by atoms with van der Waals surface area (Å²) < 4.78 is 0. The van der Waals surface area contributed by atoms with Gasteiger partial charge >= 0.3 is 0 Å². The SMILES string of the molecule is Cc1ccc(C)c(C(C)N(C)CC2CCNCC2)c1. The third kappa shape index (κ3) is 3.80. The lowest BCUT2D eigenvalue weighted by Crippen LogP contribution is -2.35. The van der Waals surface area contributed by atoms with Crippen molar-refractivity contribution in [3.8, 4) is 0 Å². The second-order valence-corrected chi connectivity index (χ2v) is 6.17. The quantitative estimate of drug-likeness (QED) is 0.893. The number of benzene rings is 1. The zero-order valence-electron chi connectivity index (χ0n) is 12.9. The lowest BCUT2D eigenvalue weighted by molar-refractivity contribution is 0.196. The minimum Gasteiger partial charge on any atom is -0.317 e. The van der Waals surface area contributed by atoms with Gasteiger partial charge in [0, 0.05) is 12.6 Å². The molecule has 0 spiro atoms. The maximum Gasteiger partial charge on any atom is 0.0319 e. The molecule has 1 aliphatic rings. The molecule has 2 heteroatoms. The molecule has 0 saturated carbocycles. The van der Waals surface area contributed by atoms with Crippen molar-refractivity contribution >= 4 is 0 Å². The van der Waals surface area contributed by atoms with Crippen LogP contribution in [0.1, 0.15) is 42.5 Å². The highest BCUT2D eigenvalue weighted by Crippen LogP contribution is 2.25. The Hall–Kier alpha value is -0.860. The van der Waals surface area contributed by atoms with Gasteiger partial charge in [-0.1, -0.05) is 23.8 Å². The number of piperidine rings is 1. The fraction of sp³-hybridized carbons (Fsp3) is 0.647. The molecule has 1 fully saturated rings. The molecule has 19 heavy (non-hydrogen) atoms. The van der Waals surface area contributed by atoms with Crippen molar-refractivity contribution < 1.29 is 0 Å². The molecule has 1 N–H and O–H groups in total. The Morgan fingerprint density at radius 2 is 1.95 bits per heavy atom. The maximum absolute atomic E-state index is 3.45. The zero-order chi connectivity index (χ0) is 13.8. The van der Waals surface area contributed by atoms with Crippen LogP contribution in [-0.2, 0) is 0 Å². The lowest BCUT2D eigenvalue weighted by atomic mass is 9.95. The predicted molar refractivity (Wildman–Crippen MR) is 82.6 cm³/mol. The van der Waals surface area contributed by atoms with E-state index in [4.69, 9.17) is 0 Å². The molecule has 1 aromatic rings. The maximum atomic E-state index is 3.45. The standard InChI is InChI=1S/C17H28N2/c1-13-5-6-14(2)17(11-13)15(3)19(4)12-16-7-9-18-10-8-16/h5-6,11,15-16,18H,7-10,12H2,1-4H3. The van der Waals surface area contributed by atoms with Gasteiger partial charge in [0.05, 0.1) is 0 Å². The Labute approximate surface area is 118 Å². The molecule has 106 valence electrons. The molecule has 0 bridgehead atoms. The van der Waals surface area contributed by atoms with E-state index < -0.39 is 0 Å². The summed E-state index contributed by atoms with van der Waals surface area (Å²) in [7, 11) is 2.27. The summed E-state index contributed by atoms with van der Waals surface area (Å²) in [5.74, 6) is 0.860. The van der Waals surface area contributed by atoms with Crippen LogP contribution in [0.4, 0.5) is 0 Å². The molecular weight excluding hydrogens is 232 g/mol. The van der Waals surface area contributed by atoms with E-state index in [1.807, 2.05) is 0 Å². The fourth-order valence-corrected chi connectivity index (χ4v) is 3.08. The zero-order valence-corrected chi connectivity index (χ0v) is 12.9. The molecule has 0 amide bonds. The summed E-state index contributed by atoms with van der Waals surface area (Å²) in [6, 6.07) is 7.31. The minimum absolute atomic E-state index is 0.509. The Morgan fingerprint density at radius 1 is 1.26 bits per heavy atom. The number of nitrogens with zero attached hydrogens (tertiary/aromatic N) is 1. The summed E-state index contributed by atoms with van der Waals surface area (Å²) in [5.41, 5.74) is 4.26. The first-order chi connectivity index (χ1) is 9.08. The lowest BCUT2D eigenvalue weighted by Gasteiger charge is -2.32. The molecule has 1 atom stereocenters. The molecule has 0 aromatic heterocycles. The Kier molecular flexibility index (Phi) is 5.00. The van der Waals surface area contributed by atoms with E-state index in [2.05, 4.69) is 56.2 Å². The summed E-state index contributed by atoms with van der Waals surface area (Å²) in [4.78, 5) is 2.53. The van der Waals surface area contributed by atoms with Crippen LogP contribution in [0.15, 0.2) is 18.2 Å². The van der Waals surface area contributed by atoms with Gasteiger partial charge in [0.1, 0.15) is 0 Å². The van der Waals surface area contributed by atoms with Crippen molar-refractivity contribution in [3.05, 3.63) is 34.9 Å². The molecule has 1 aliphatic heterocycles. The van der Waals surface area contributed by atoms with Crippen LogP contribution >= 0.6 is 0 Å². The van der Waals surface area contributed by atoms with Gasteiger partial charge < -0.3 is 5.32 Å². The molecule has 2 nitrogen and oxygen atoms in total. The Bertz CT molecular complexity index is 408. The van der Waals surface area contributed by atoms with Gasteiger partial charge in [-0.05, 0) is 70.8 Å². The first-order valence-electron chi connectivity index (χ1n) is 7.56. The molecular formula is C17H28N2. The fourth-order valence-electron chi connectivity index (χ4n) is 3.08. The first-order valence-corrected chi connectivity index (χ1v) is 7.56. The topological polar surface area (TPSA) is 15.3 Å². The van der Waals surface area contributed by atoms with E-state index in [-0.39, 0.29) is 0 Å². The Balaban J connectivity index is 2.01. The first kappa shape index (κ1) is 14.5. The van der Waals surface area contributed by atoms with Gasteiger partial charge in [0.25, 0.3) is 0 Å². The summed E-state index contributed by atoms with van der Waals surface area (Å²) in [5, 5.41) is 3.45. The van der Waals surface area contributed by atoms with E-state index >= 15 is 0 Å². The van der Waals surface area contributed by atoms with Gasteiger partial charge in [-0.3, -0.25) is 4.90 Å². The number of aryl methyl sites for hydroxylation is 2. The van der Waals surface area contributed by atoms with Crippen LogP contribution < -0.4 is 5.32 Å². The normalized spacial score (nSPS) is 18.8. The van der Waals surface area contributed by atoms with Gasteiger partial charge in [0.15, 0.2) is 0 Å². The average Bonchev–Trinajstić information content (AvgIpc) is 2.42. The third-order valence-corrected chi connectivity index (χ3v) is 4.55.